The van der Waals surface area contributed by atoms with Gasteiger partial charge in [0.15, 0.2) is 0 Å². The zero-order valence-electron chi connectivity index (χ0n) is 18.8. The van der Waals surface area contributed by atoms with Crippen LogP contribution in [0.15, 0.2) is 42.5 Å². The molecular weight excluding hydrogens is 408 g/mol. The van der Waals surface area contributed by atoms with Gasteiger partial charge >= 0.3 is 0 Å². The molecule has 170 valence electrons. The average Bonchev–Trinajstić information content (AvgIpc) is 3.28. The van der Waals surface area contributed by atoms with E-state index < -0.39 is 11.5 Å². The van der Waals surface area contributed by atoms with E-state index in [1.54, 1.807) is 39.5 Å². The van der Waals surface area contributed by atoms with E-state index in [0.717, 1.165) is 31.2 Å². The number of amides is 2. The normalized spacial score (nSPS) is 19.0. The van der Waals surface area contributed by atoms with Crippen molar-refractivity contribution in [3.8, 4) is 11.5 Å². The molecule has 1 atom stereocenters. The van der Waals surface area contributed by atoms with Crippen LogP contribution in [0.4, 0.5) is 5.69 Å². The van der Waals surface area contributed by atoms with Gasteiger partial charge in [0, 0.05) is 43.1 Å². The third kappa shape index (κ3) is 3.81. The summed E-state index contributed by atoms with van der Waals surface area (Å²) >= 11 is 0. The summed E-state index contributed by atoms with van der Waals surface area (Å²) in [5, 5.41) is 3.08. The lowest BCUT2D eigenvalue weighted by Crippen LogP contribution is -2.60. The predicted octanol–water partition coefficient (Wildman–Crippen LogP) is 3.84. The molecule has 0 saturated heterocycles. The average molecular weight is 439 g/mol. The Bertz CT molecular complexity index is 977. The summed E-state index contributed by atoms with van der Waals surface area (Å²) in [6.45, 7) is 0.886. The van der Waals surface area contributed by atoms with Crippen molar-refractivity contribution < 1.29 is 23.8 Å². The maximum Gasteiger partial charge on any atom is 0.254 e. The van der Waals surface area contributed by atoms with Crippen LogP contribution < -0.4 is 14.8 Å². The van der Waals surface area contributed by atoms with Crippen LogP contribution in [0.25, 0.3) is 0 Å². The second kappa shape index (κ2) is 9.20. The maximum absolute atomic E-state index is 13.9. The van der Waals surface area contributed by atoms with Crippen molar-refractivity contribution >= 4 is 17.5 Å². The molecule has 1 aliphatic carbocycles. The summed E-state index contributed by atoms with van der Waals surface area (Å²) in [6, 6.07) is 12.8. The van der Waals surface area contributed by atoms with Gasteiger partial charge < -0.3 is 24.4 Å². The Labute approximate surface area is 188 Å². The van der Waals surface area contributed by atoms with Gasteiger partial charge in [-0.1, -0.05) is 31.0 Å². The van der Waals surface area contributed by atoms with E-state index in [4.69, 9.17) is 14.2 Å². The van der Waals surface area contributed by atoms with Gasteiger partial charge in [0.05, 0.1) is 32.3 Å². The Hall–Kier alpha value is -3.06. The number of hydrogen-bond acceptors (Lipinski definition) is 5. The van der Waals surface area contributed by atoms with Crippen molar-refractivity contribution in [1.29, 1.82) is 0 Å². The predicted molar refractivity (Wildman–Crippen MR) is 121 cm³/mol. The first kappa shape index (κ1) is 22.1. The molecule has 2 amide bonds. The largest absolute Gasteiger partial charge is 0.497 e. The van der Waals surface area contributed by atoms with Crippen LogP contribution in [0.3, 0.4) is 0 Å². The first-order valence-electron chi connectivity index (χ1n) is 11.0. The van der Waals surface area contributed by atoms with E-state index in [2.05, 4.69) is 5.32 Å². The van der Waals surface area contributed by atoms with Crippen LogP contribution in [0.2, 0.25) is 0 Å². The number of anilines is 1. The summed E-state index contributed by atoms with van der Waals surface area (Å²) in [6.07, 6.45) is 3.54. The molecule has 32 heavy (non-hydrogen) atoms. The molecule has 0 radical (unpaired) electrons. The highest BCUT2D eigenvalue weighted by Crippen LogP contribution is 2.50. The van der Waals surface area contributed by atoms with Gasteiger partial charge in [-0.15, -0.1) is 0 Å². The van der Waals surface area contributed by atoms with Gasteiger partial charge in [-0.2, -0.15) is 0 Å². The number of fused-ring (bicyclic) bond motifs is 1. The fourth-order valence-corrected chi connectivity index (χ4v) is 5.27. The fourth-order valence-electron chi connectivity index (χ4n) is 5.27. The SMILES string of the molecule is COCCN1C(=O)c2ccccc2[C@H](C(=O)Nc2cc(OC)cc(OC)c2)C12CCCC2. The molecule has 0 unspecified atom stereocenters. The van der Waals surface area contributed by atoms with Gasteiger partial charge in [0.2, 0.25) is 5.91 Å². The number of nitrogens with one attached hydrogen (secondary N) is 1. The van der Waals surface area contributed by atoms with E-state index >= 15 is 0 Å². The lowest BCUT2D eigenvalue weighted by Gasteiger charge is -2.50. The molecule has 2 aromatic carbocycles. The standard InChI is InChI=1S/C25H30N2O5/c1-30-13-12-27-24(29)21-9-5-4-8-20(21)22(25(27)10-6-7-11-25)23(28)26-17-14-18(31-2)16-19(15-17)32-3/h4-5,8-9,14-16,22H,6-7,10-13H2,1-3H3,(H,26,28)/t22-/m1/s1. The Balaban J connectivity index is 1.77. The maximum atomic E-state index is 13.9. The second-order valence-corrected chi connectivity index (χ2v) is 8.37. The number of nitrogens with zero attached hydrogens (tertiary/aromatic N) is 1. The lowest BCUT2D eigenvalue weighted by molar-refractivity contribution is -0.121. The van der Waals surface area contributed by atoms with Crippen LogP contribution in [0.5, 0.6) is 11.5 Å². The molecule has 2 aliphatic rings. The summed E-state index contributed by atoms with van der Waals surface area (Å²) < 4.78 is 16.0. The minimum absolute atomic E-state index is 0.0216. The third-order valence-corrected chi connectivity index (χ3v) is 6.69. The Morgan fingerprint density at radius 1 is 1.06 bits per heavy atom. The van der Waals surface area contributed by atoms with Gasteiger partial charge in [-0.3, -0.25) is 9.59 Å². The zero-order valence-corrected chi connectivity index (χ0v) is 18.8. The van der Waals surface area contributed by atoms with Crippen molar-refractivity contribution in [2.45, 2.75) is 37.1 Å². The van der Waals surface area contributed by atoms with E-state index in [1.807, 2.05) is 29.2 Å². The van der Waals surface area contributed by atoms with Crippen LogP contribution >= 0.6 is 0 Å². The summed E-state index contributed by atoms with van der Waals surface area (Å²) in [5.74, 6) is 0.552. The number of methoxy groups -OCH3 is 3. The summed E-state index contributed by atoms with van der Waals surface area (Å²) in [4.78, 5) is 29.2. The minimum Gasteiger partial charge on any atom is -0.497 e. The van der Waals surface area contributed by atoms with E-state index in [9.17, 15) is 9.59 Å². The molecule has 0 bridgehead atoms. The monoisotopic (exact) mass is 438 g/mol. The molecule has 7 heteroatoms. The van der Waals surface area contributed by atoms with Crippen molar-refractivity contribution in [2.75, 3.05) is 39.8 Å². The smallest absolute Gasteiger partial charge is 0.254 e. The number of hydrogen-bond donors (Lipinski definition) is 1. The number of carbonyl (C=O) groups excluding carboxylic acids is 2. The van der Waals surface area contributed by atoms with Gasteiger partial charge in [0.1, 0.15) is 11.5 Å². The quantitative estimate of drug-likeness (QED) is 0.711. The summed E-state index contributed by atoms with van der Waals surface area (Å²) in [5.41, 5.74) is 1.42. The van der Waals surface area contributed by atoms with E-state index in [0.29, 0.717) is 35.9 Å². The minimum atomic E-state index is -0.559. The molecule has 1 heterocycles. The number of benzene rings is 2. The molecule has 1 N–H and O–H groups in total. The highest BCUT2D eigenvalue weighted by molar-refractivity contribution is 6.05. The number of rotatable bonds is 7. The Morgan fingerprint density at radius 3 is 2.34 bits per heavy atom. The highest BCUT2D eigenvalue weighted by Gasteiger charge is 2.55. The van der Waals surface area contributed by atoms with Crippen LogP contribution in [0.1, 0.15) is 47.5 Å². The van der Waals surface area contributed by atoms with Gasteiger partial charge in [-0.25, -0.2) is 0 Å². The fraction of sp³-hybridized carbons (Fsp3) is 0.440. The molecule has 0 aromatic heterocycles. The van der Waals surface area contributed by atoms with Crippen LogP contribution in [0, 0.1) is 0 Å². The van der Waals surface area contributed by atoms with Crippen molar-refractivity contribution in [2.24, 2.45) is 0 Å². The molecule has 1 saturated carbocycles. The lowest BCUT2D eigenvalue weighted by atomic mass is 9.71. The molecule has 1 fully saturated rings. The first-order valence-corrected chi connectivity index (χ1v) is 11.0. The molecule has 4 rings (SSSR count). The van der Waals surface area contributed by atoms with Gasteiger partial charge in [-0.05, 0) is 24.5 Å². The topological polar surface area (TPSA) is 77.1 Å². The van der Waals surface area contributed by atoms with Crippen molar-refractivity contribution in [3.05, 3.63) is 53.6 Å². The zero-order chi connectivity index (χ0) is 22.7. The molecule has 1 aliphatic heterocycles. The number of ether oxygens (including phenoxy) is 3. The molecule has 1 spiro atoms. The van der Waals surface area contributed by atoms with E-state index in [-0.39, 0.29) is 11.8 Å². The molecular formula is C25H30N2O5. The van der Waals surface area contributed by atoms with Crippen molar-refractivity contribution in [1.82, 2.24) is 4.90 Å². The second-order valence-electron chi connectivity index (χ2n) is 8.37. The Morgan fingerprint density at radius 2 is 1.72 bits per heavy atom. The molecule has 7 nitrogen and oxygen atoms in total. The van der Waals surface area contributed by atoms with Crippen LogP contribution in [-0.4, -0.2) is 56.7 Å². The van der Waals surface area contributed by atoms with E-state index in [1.165, 1.54) is 0 Å². The third-order valence-electron chi connectivity index (χ3n) is 6.69. The van der Waals surface area contributed by atoms with Gasteiger partial charge in [0.25, 0.3) is 5.91 Å². The van der Waals surface area contributed by atoms with Crippen LogP contribution in [-0.2, 0) is 9.53 Å². The molecule has 2 aromatic rings. The number of carbonyl (C=O) groups is 2. The summed E-state index contributed by atoms with van der Waals surface area (Å²) in [7, 11) is 4.78. The van der Waals surface area contributed by atoms with Crippen molar-refractivity contribution in [3.63, 3.8) is 0 Å². The Kier molecular flexibility index (Phi) is 6.37. The first-order chi connectivity index (χ1) is 15.5. The highest BCUT2D eigenvalue weighted by atomic mass is 16.5.